The molecule has 3 rings (SSSR count). The first-order chi connectivity index (χ1) is 12.3. The van der Waals surface area contributed by atoms with Gasteiger partial charge in [-0.1, -0.05) is 48.5 Å². The predicted molar refractivity (Wildman–Crippen MR) is 102 cm³/mol. The summed E-state index contributed by atoms with van der Waals surface area (Å²) in [5, 5.41) is 5.21. The summed E-state index contributed by atoms with van der Waals surface area (Å²) in [4.78, 5) is 13.6. The fraction of sp³-hybridized carbons (Fsp3) is 0.190. The maximum absolute atomic E-state index is 12.5. The fourth-order valence-corrected chi connectivity index (χ4v) is 3.51. The van der Waals surface area contributed by atoms with Crippen LogP contribution in [0.3, 0.4) is 0 Å². The molecule has 25 heavy (non-hydrogen) atoms. The normalized spacial score (nSPS) is 11.7. The van der Waals surface area contributed by atoms with Gasteiger partial charge in [0.05, 0.1) is 13.2 Å². The number of methoxy groups -OCH3 is 1. The third kappa shape index (κ3) is 4.70. The number of ether oxygens (including phenoxy) is 1. The lowest BCUT2D eigenvalue weighted by Gasteiger charge is -2.18. The van der Waals surface area contributed by atoms with Crippen LogP contribution in [-0.2, 0) is 11.2 Å². The molecule has 0 bridgehead atoms. The number of nitrogens with one attached hydrogen (secondary N) is 1. The summed E-state index contributed by atoms with van der Waals surface area (Å²) in [6.07, 6.45) is 1.17. The maximum Gasteiger partial charge on any atom is 0.221 e. The molecule has 1 amide bonds. The molecule has 0 aliphatic heterocycles. The molecule has 0 radical (unpaired) electrons. The van der Waals surface area contributed by atoms with Crippen LogP contribution in [0, 0.1) is 0 Å². The maximum atomic E-state index is 12.5. The van der Waals surface area contributed by atoms with E-state index in [0.29, 0.717) is 12.8 Å². The van der Waals surface area contributed by atoms with Crippen molar-refractivity contribution in [2.75, 3.05) is 7.11 Å². The number of thiophene rings is 1. The molecule has 3 aromatic rings. The summed E-state index contributed by atoms with van der Waals surface area (Å²) in [6, 6.07) is 21.9. The first kappa shape index (κ1) is 17.2. The van der Waals surface area contributed by atoms with Crippen LogP contribution in [0.15, 0.2) is 72.1 Å². The van der Waals surface area contributed by atoms with Crippen LogP contribution in [0.5, 0.6) is 5.75 Å². The van der Waals surface area contributed by atoms with Gasteiger partial charge in [0.15, 0.2) is 0 Å². The van der Waals surface area contributed by atoms with Crippen molar-refractivity contribution in [2.45, 2.75) is 18.9 Å². The van der Waals surface area contributed by atoms with Crippen molar-refractivity contribution < 1.29 is 9.53 Å². The second-order valence-electron chi connectivity index (χ2n) is 5.77. The van der Waals surface area contributed by atoms with Crippen LogP contribution in [0.4, 0.5) is 0 Å². The Labute approximate surface area is 152 Å². The summed E-state index contributed by atoms with van der Waals surface area (Å²) in [5.41, 5.74) is 2.23. The highest BCUT2D eigenvalue weighted by Crippen LogP contribution is 2.26. The Kier molecular flexibility index (Phi) is 5.86. The molecule has 0 unspecified atom stereocenters. The van der Waals surface area contributed by atoms with Crippen LogP contribution in [0.2, 0.25) is 0 Å². The van der Waals surface area contributed by atoms with E-state index in [1.165, 1.54) is 0 Å². The van der Waals surface area contributed by atoms with Crippen LogP contribution < -0.4 is 10.1 Å². The van der Waals surface area contributed by atoms with E-state index in [4.69, 9.17) is 4.74 Å². The molecular weight excluding hydrogens is 330 g/mol. The van der Waals surface area contributed by atoms with Crippen LogP contribution >= 0.6 is 11.3 Å². The van der Waals surface area contributed by atoms with Gasteiger partial charge in [0.25, 0.3) is 0 Å². The lowest BCUT2D eigenvalue weighted by molar-refractivity contribution is -0.121. The Balaban J connectivity index is 1.64. The zero-order chi connectivity index (χ0) is 17.5. The molecule has 0 aliphatic carbocycles. The van der Waals surface area contributed by atoms with Gasteiger partial charge >= 0.3 is 0 Å². The Morgan fingerprint density at radius 1 is 1.04 bits per heavy atom. The molecule has 0 saturated carbocycles. The minimum Gasteiger partial charge on any atom is -0.497 e. The molecule has 0 saturated heterocycles. The van der Waals surface area contributed by atoms with E-state index >= 15 is 0 Å². The van der Waals surface area contributed by atoms with Crippen molar-refractivity contribution in [2.24, 2.45) is 0 Å². The van der Waals surface area contributed by atoms with Crippen LogP contribution in [0.1, 0.15) is 28.5 Å². The van der Waals surface area contributed by atoms with Crippen molar-refractivity contribution in [3.8, 4) is 5.75 Å². The van der Waals surface area contributed by atoms with Gasteiger partial charge in [-0.3, -0.25) is 4.79 Å². The molecule has 128 valence electrons. The number of aryl methyl sites for hydroxylation is 1. The Morgan fingerprint density at radius 3 is 2.44 bits per heavy atom. The topological polar surface area (TPSA) is 38.3 Å². The molecule has 1 atom stereocenters. The zero-order valence-electron chi connectivity index (χ0n) is 14.1. The van der Waals surface area contributed by atoms with Crippen molar-refractivity contribution in [1.29, 1.82) is 0 Å². The highest BCUT2D eigenvalue weighted by molar-refractivity contribution is 7.10. The first-order valence-electron chi connectivity index (χ1n) is 8.27. The Bertz CT molecular complexity index is 783. The van der Waals surface area contributed by atoms with E-state index in [1.807, 2.05) is 66.0 Å². The van der Waals surface area contributed by atoms with Gasteiger partial charge in [0.1, 0.15) is 5.75 Å². The van der Waals surface area contributed by atoms with E-state index in [0.717, 1.165) is 21.8 Å². The quantitative estimate of drug-likeness (QED) is 0.676. The molecule has 1 aromatic heterocycles. The predicted octanol–water partition coefficient (Wildman–Crippen LogP) is 4.60. The third-order valence-corrected chi connectivity index (χ3v) is 5.00. The van der Waals surface area contributed by atoms with Gasteiger partial charge in [0, 0.05) is 11.3 Å². The number of amides is 1. The number of benzene rings is 2. The molecule has 3 nitrogen and oxygen atoms in total. The molecule has 0 spiro atoms. The van der Waals surface area contributed by atoms with Gasteiger partial charge < -0.3 is 10.1 Å². The van der Waals surface area contributed by atoms with Gasteiger partial charge in [-0.05, 0) is 41.1 Å². The largest absolute Gasteiger partial charge is 0.497 e. The molecule has 1 heterocycles. The summed E-state index contributed by atoms with van der Waals surface area (Å²) in [5.74, 6) is 0.883. The van der Waals surface area contributed by atoms with Gasteiger partial charge in [-0.15, -0.1) is 11.3 Å². The van der Waals surface area contributed by atoms with Crippen LogP contribution in [-0.4, -0.2) is 13.0 Å². The van der Waals surface area contributed by atoms with Gasteiger partial charge in [-0.2, -0.15) is 0 Å². The Hall–Kier alpha value is -2.59. The molecule has 1 N–H and O–H groups in total. The first-order valence-corrected chi connectivity index (χ1v) is 9.15. The summed E-state index contributed by atoms with van der Waals surface area (Å²) in [7, 11) is 1.65. The number of hydrogen-bond acceptors (Lipinski definition) is 3. The summed E-state index contributed by atoms with van der Waals surface area (Å²) < 4.78 is 5.16. The number of rotatable bonds is 7. The SMILES string of the molecule is COc1ccc(CCC(=O)N[C@H](c2ccccc2)c2cccs2)cc1. The van der Waals surface area contributed by atoms with E-state index in [-0.39, 0.29) is 11.9 Å². The highest BCUT2D eigenvalue weighted by atomic mass is 32.1. The fourth-order valence-electron chi connectivity index (χ4n) is 2.70. The number of carbonyl (C=O) groups excluding carboxylic acids is 1. The van der Waals surface area contributed by atoms with Crippen molar-refractivity contribution in [3.05, 3.63) is 88.1 Å². The molecule has 0 aliphatic rings. The van der Waals surface area contributed by atoms with E-state index in [1.54, 1.807) is 18.4 Å². The monoisotopic (exact) mass is 351 g/mol. The lowest BCUT2D eigenvalue weighted by atomic mass is 10.0. The zero-order valence-corrected chi connectivity index (χ0v) is 15.0. The minimum atomic E-state index is -0.0930. The Morgan fingerprint density at radius 2 is 1.80 bits per heavy atom. The molecule has 4 heteroatoms. The van der Waals surface area contributed by atoms with Gasteiger partial charge in [-0.25, -0.2) is 0 Å². The lowest BCUT2D eigenvalue weighted by Crippen LogP contribution is -2.28. The standard InChI is InChI=1S/C21H21NO2S/c1-24-18-12-9-16(10-13-18)11-14-20(23)22-21(19-8-5-15-25-19)17-6-3-2-4-7-17/h2-10,12-13,15,21H,11,14H2,1H3,(H,22,23)/t21-/m1/s1. The molecule has 0 fully saturated rings. The van der Waals surface area contributed by atoms with Crippen molar-refractivity contribution >= 4 is 17.2 Å². The average molecular weight is 351 g/mol. The second-order valence-corrected chi connectivity index (χ2v) is 6.75. The molecule has 2 aromatic carbocycles. The van der Waals surface area contributed by atoms with Crippen molar-refractivity contribution in [3.63, 3.8) is 0 Å². The number of carbonyl (C=O) groups is 1. The second kappa shape index (κ2) is 8.49. The average Bonchev–Trinajstić information content (AvgIpc) is 3.20. The highest BCUT2D eigenvalue weighted by Gasteiger charge is 2.17. The number of hydrogen-bond donors (Lipinski definition) is 1. The van der Waals surface area contributed by atoms with E-state index in [2.05, 4.69) is 11.4 Å². The van der Waals surface area contributed by atoms with E-state index < -0.39 is 0 Å². The van der Waals surface area contributed by atoms with Crippen LogP contribution in [0.25, 0.3) is 0 Å². The summed E-state index contributed by atoms with van der Waals surface area (Å²) in [6.45, 7) is 0. The van der Waals surface area contributed by atoms with E-state index in [9.17, 15) is 4.79 Å². The van der Waals surface area contributed by atoms with Crippen molar-refractivity contribution in [1.82, 2.24) is 5.32 Å². The summed E-state index contributed by atoms with van der Waals surface area (Å²) >= 11 is 1.66. The van der Waals surface area contributed by atoms with Gasteiger partial charge in [0.2, 0.25) is 5.91 Å². The smallest absolute Gasteiger partial charge is 0.221 e. The minimum absolute atomic E-state index is 0.0538. The third-order valence-electron chi connectivity index (χ3n) is 4.07. The molecular formula is C21H21NO2S.